The Morgan fingerprint density at radius 2 is 2.23 bits per heavy atom. The van der Waals surface area contributed by atoms with Crippen LogP contribution in [0.2, 0.25) is 0 Å². The molecule has 0 amide bonds. The van der Waals surface area contributed by atoms with Crippen LogP contribution < -0.4 is 0 Å². The molecule has 4 nitrogen and oxygen atoms in total. The molecule has 1 aliphatic rings. The van der Waals surface area contributed by atoms with E-state index in [-0.39, 0.29) is 6.04 Å². The van der Waals surface area contributed by atoms with Gasteiger partial charge in [0.25, 0.3) is 0 Å². The number of ether oxygens (including phenoxy) is 1. The van der Waals surface area contributed by atoms with Crippen molar-refractivity contribution >= 4 is 11.3 Å². The predicted octanol–water partition coefficient (Wildman–Crippen LogP) is 2.51. The SMILES string of the molecule is OC(CC1COCCN1CCc1ccncc1)c1cccs1. The molecule has 3 rings (SSSR count). The van der Waals surface area contributed by atoms with E-state index < -0.39 is 6.10 Å². The van der Waals surface area contributed by atoms with Crippen LogP contribution in [0.1, 0.15) is 23.0 Å². The Hall–Kier alpha value is -1.27. The van der Waals surface area contributed by atoms with Crippen LogP contribution in [0.3, 0.4) is 0 Å². The van der Waals surface area contributed by atoms with E-state index >= 15 is 0 Å². The molecule has 2 aromatic heterocycles. The van der Waals surface area contributed by atoms with Crippen molar-refractivity contribution in [3.05, 3.63) is 52.5 Å². The van der Waals surface area contributed by atoms with Crippen molar-refractivity contribution in [1.82, 2.24) is 9.88 Å². The minimum Gasteiger partial charge on any atom is -0.388 e. The summed E-state index contributed by atoms with van der Waals surface area (Å²) in [5, 5.41) is 12.4. The van der Waals surface area contributed by atoms with Gasteiger partial charge in [0, 0.05) is 36.4 Å². The van der Waals surface area contributed by atoms with Crippen LogP contribution >= 0.6 is 11.3 Å². The van der Waals surface area contributed by atoms with Crippen molar-refractivity contribution in [3.8, 4) is 0 Å². The zero-order chi connectivity index (χ0) is 15.2. The van der Waals surface area contributed by atoms with E-state index in [0.29, 0.717) is 6.61 Å². The molecule has 0 spiro atoms. The maximum absolute atomic E-state index is 10.4. The number of nitrogens with zero attached hydrogens (tertiary/aromatic N) is 2. The molecule has 0 aromatic carbocycles. The van der Waals surface area contributed by atoms with Gasteiger partial charge in [0.2, 0.25) is 0 Å². The number of morpholine rings is 1. The normalized spacial score (nSPS) is 20.9. The van der Waals surface area contributed by atoms with E-state index in [1.54, 1.807) is 11.3 Å². The molecule has 2 atom stereocenters. The smallest absolute Gasteiger partial charge is 0.0897 e. The van der Waals surface area contributed by atoms with Crippen LogP contribution in [0.5, 0.6) is 0 Å². The fourth-order valence-electron chi connectivity index (χ4n) is 2.88. The maximum atomic E-state index is 10.4. The van der Waals surface area contributed by atoms with Gasteiger partial charge in [-0.1, -0.05) is 6.07 Å². The second-order valence-corrected chi connectivity index (χ2v) is 6.62. The number of aromatic nitrogens is 1. The van der Waals surface area contributed by atoms with Gasteiger partial charge in [0.1, 0.15) is 0 Å². The first kappa shape index (κ1) is 15.6. The number of rotatable bonds is 6. The third-order valence-corrected chi connectivity index (χ3v) is 5.13. The molecular weight excluding hydrogens is 296 g/mol. The second kappa shape index (κ2) is 7.83. The first-order chi connectivity index (χ1) is 10.8. The molecule has 3 heterocycles. The number of hydrogen-bond donors (Lipinski definition) is 1. The van der Waals surface area contributed by atoms with Crippen LogP contribution in [0.15, 0.2) is 42.0 Å². The maximum Gasteiger partial charge on any atom is 0.0897 e. The van der Waals surface area contributed by atoms with Crippen LogP contribution in [-0.4, -0.2) is 47.3 Å². The highest BCUT2D eigenvalue weighted by Gasteiger charge is 2.26. The first-order valence-corrected chi connectivity index (χ1v) is 8.63. The van der Waals surface area contributed by atoms with Gasteiger partial charge in [-0.3, -0.25) is 9.88 Å². The number of thiophene rings is 1. The standard InChI is InChI=1S/C17H22N2O2S/c20-16(17-2-1-11-22-17)12-15-13-21-10-9-19(15)8-5-14-3-6-18-7-4-14/h1-4,6-7,11,15-16,20H,5,8-10,12-13H2. The van der Waals surface area contributed by atoms with Crippen molar-refractivity contribution in [1.29, 1.82) is 0 Å². The quantitative estimate of drug-likeness (QED) is 0.889. The molecule has 118 valence electrons. The minimum absolute atomic E-state index is 0.285. The van der Waals surface area contributed by atoms with Crippen LogP contribution in [0.25, 0.3) is 0 Å². The molecule has 0 radical (unpaired) electrons. The van der Waals surface area contributed by atoms with Gasteiger partial charge in [0.15, 0.2) is 0 Å². The average molecular weight is 318 g/mol. The van der Waals surface area contributed by atoms with Gasteiger partial charge in [-0.15, -0.1) is 11.3 Å². The van der Waals surface area contributed by atoms with Gasteiger partial charge in [-0.05, 0) is 42.0 Å². The number of hydrogen-bond acceptors (Lipinski definition) is 5. The minimum atomic E-state index is -0.393. The monoisotopic (exact) mass is 318 g/mol. The second-order valence-electron chi connectivity index (χ2n) is 5.64. The third-order valence-electron chi connectivity index (χ3n) is 4.15. The average Bonchev–Trinajstić information content (AvgIpc) is 3.10. The Kier molecular flexibility index (Phi) is 5.56. The topological polar surface area (TPSA) is 45.6 Å². The molecule has 2 unspecified atom stereocenters. The van der Waals surface area contributed by atoms with Gasteiger partial charge in [-0.2, -0.15) is 0 Å². The van der Waals surface area contributed by atoms with E-state index in [9.17, 15) is 5.11 Å². The Morgan fingerprint density at radius 1 is 1.36 bits per heavy atom. The highest BCUT2D eigenvalue weighted by molar-refractivity contribution is 7.10. The van der Waals surface area contributed by atoms with Crippen molar-refractivity contribution in [3.63, 3.8) is 0 Å². The number of aliphatic hydroxyl groups excluding tert-OH is 1. The lowest BCUT2D eigenvalue weighted by Crippen LogP contribution is -2.46. The van der Waals surface area contributed by atoms with Crippen LogP contribution in [0, 0.1) is 0 Å². The van der Waals surface area contributed by atoms with E-state index in [2.05, 4.69) is 22.0 Å². The zero-order valence-electron chi connectivity index (χ0n) is 12.6. The summed E-state index contributed by atoms with van der Waals surface area (Å²) in [4.78, 5) is 7.54. The van der Waals surface area contributed by atoms with E-state index in [4.69, 9.17) is 4.74 Å². The summed E-state index contributed by atoms with van der Waals surface area (Å²) >= 11 is 1.61. The molecule has 1 N–H and O–H groups in total. The molecule has 1 aliphatic heterocycles. The van der Waals surface area contributed by atoms with E-state index in [1.165, 1.54) is 5.56 Å². The molecule has 0 saturated carbocycles. The van der Waals surface area contributed by atoms with Crippen molar-refractivity contribution in [2.24, 2.45) is 0 Å². The summed E-state index contributed by atoms with van der Waals surface area (Å²) in [7, 11) is 0. The summed E-state index contributed by atoms with van der Waals surface area (Å²) in [6.07, 6.45) is 5.03. The lowest BCUT2D eigenvalue weighted by molar-refractivity contribution is -0.0251. The highest BCUT2D eigenvalue weighted by atomic mass is 32.1. The lowest BCUT2D eigenvalue weighted by Gasteiger charge is -2.36. The molecule has 2 aromatic rings. The van der Waals surface area contributed by atoms with Gasteiger partial charge in [-0.25, -0.2) is 0 Å². The summed E-state index contributed by atoms with van der Waals surface area (Å²) in [5.41, 5.74) is 1.30. The summed E-state index contributed by atoms with van der Waals surface area (Å²) in [6.45, 7) is 3.42. The molecule has 5 heteroatoms. The van der Waals surface area contributed by atoms with E-state index in [0.717, 1.165) is 37.4 Å². The van der Waals surface area contributed by atoms with Crippen molar-refractivity contribution < 1.29 is 9.84 Å². The Morgan fingerprint density at radius 3 is 3.00 bits per heavy atom. The molecule has 1 fully saturated rings. The van der Waals surface area contributed by atoms with Crippen LogP contribution in [-0.2, 0) is 11.2 Å². The fourth-order valence-corrected chi connectivity index (χ4v) is 3.60. The molecule has 1 saturated heterocycles. The predicted molar refractivity (Wildman–Crippen MR) is 88.0 cm³/mol. The Labute approximate surface area is 135 Å². The van der Waals surface area contributed by atoms with Crippen LogP contribution in [0.4, 0.5) is 0 Å². The summed E-state index contributed by atoms with van der Waals surface area (Å²) in [6, 6.07) is 8.40. The Bertz CT molecular complexity index is 547. The fraction of sp³-hybridized carbons (Fsp3) is 0.471. The van der Waals surface area contributed by atoms with Gasteiger partial charge >= 0.3 is 0 Å². The van der Waals surface area contributed by atoms with E-state index in [1.807, 2.05) is 29.9 Å². The molecule has 0 aliphatic carbocycles. The van der Waals surface area contributed by atoms with Crippen molar-refractivity contribution in [2.75, 3.05) is 26.3 Å². The van der Waals surface area contributed by atoms with Gasteiger partial charge < -0.3 is 9.84 Å². The molecule has 0 bridgehead atoms. The zero-order valence-corrected chi connectivity index (χ0v) is 13.4. The summed E-state index contributed by atoms with van der Waals surface area (Å²) < 4.78 is 5.62. The molecule has 22 heavy (non-hydrogen) atoms. The summed E-state index contributed by atoms with van der Waals surface area (Å²) in [5.74, 6) is 0. The van der Waals surface area contributed by atoms with Gasteiger partial charge in [0.05, 0.1) is 19.3 Å². The molecular formula is C17H22N2O2S. The largest absolute Gasteiger partial charge is 0.388 e. The lowest BCUT2D eigenvalue weighted by atomic mass is 10.0. The number of aliphatic hydroxyl groups is 1. The highest BCUT2D eigenvalue weighted by Crippen LogP contribution is 2.26. The Balaban J connectivity index is 1.56. The van der Waals surface area contributed by atoms with Crippen molar-refractivity contribution in [2.45, 2.75) is 25.0 Å². The first-order valence-electron chi connectivity index (χ1n) is 7.75. The number of pyridine rings is 1. The third kappa shape index (κ3) is 4.14.